The molecule has 1 saturated carbocycles. The van der Waals surface area contributed by atoms with Gasteiger partial charge in [0.15, 0.2) is 0 Å². The van der Waals surface area contributed by atoms with Gasteiger partial charge in [-0.1, -0.05) is 67.7 Å². The van der Waals surface area contributed by atoms with Crippen LogP contribution in [0.4, 0.5) is 0 Å². The molecule has 0 spiro atoms. The lowest BCUT2D eigenvalue weighted by Crippen LogP contribution is -2.27. The van der Waals surface area contributed by atoms with E-state index in [1.165, 1.54) is 6.42 Å². The summed E-state index contributed by atoms with van der Waals surface area (Å²) in [5.74, 6) is -0.447. The highest BCUT2D eigenvalue weighted by atomic mass is 32.2. The van der Waals surface area contributed by atoms with Crippen LogP contribution in [0.25, 0.3) is 0 Å². The molecule has 3 rings (SSSR count). The molecule has 30 heavy (non-hydrogen) atoms. The fraction of sp³-hybridized carbons (Fsp3) is 0.400. The summed E-state index contributed by atoms with van der Waals surface area (Å²) < 4.78 is 0. The molecule has 0 aliphatic heterocycles. The van der Waals surface area contributed by atoms with Gasteiger partial charge in [0.25, 0.3) is 0 Å². The molecular weight excluding hydrogens is 394 g/mol. The average molecular weight is 424 g/mol. The summed E-state index contributed by atoms with van der Waals surface area (Å²) in [4.78, 5) is 32.5. The molecule has 0 amide bonds. The van der Waals surface area contributed by atoms with Gasteiger partial charge in [-0.25, -0.2) is 4.79 Å². The first-order chi connectivity index (χ1) is 14.7. The molecule has 0 radical (unpaired) electrons. The van der Waals surface area contributed by atoms with Crippen LogP contribution in [0.2, 0.25) is 0 Å². The molecule has 1 fully saturated rings. The molecule has 1 aliphatic rings. The molecule has 0 saturated heterocycles. The molecule has 4 nitrogen and oxygen atoms in total. The van der Waals surface area contributed by atoms with Gasteiger partial charge in [0.1, 0.15) is 5.71 Å². The molecular formula is C25H29NO3S. The zero-order chi connectivity index (χ0) is 21.2. The fourth-order valence-corrected chi connectivity index (χ4v) is 4.43. The van der Waals surface area contributed by atoms with E-state index in [-0.39, 0.29) is 17.7 Å². The second-order valence-electron chi connectivity index (χ2n) is 7.65. The van der Waals surface area contributed by atoms with E-state index >= 15 is 0 Å². The normalized spacial score (nSPS) is 15.0. The van der Waals surface area contributed by atoms with Crippen molar-refractivity contribution in [2.75, 3.05) is 0 Å². The van der Waals surface area contributed by atoms with Crippen LogP contribution in [-0.4, -0.2) is 17.5 Å². The fourth-order valence-electron chi connectivity index (χ4n) is 3.59. The minimum Gasteiger partial charge on any atom is -0.318 e. The first-order valence-corrected chi connectivity index (χ1v) is 11.6. The molecule has 1 aliphatic carbocycles. The number of unbranched alkanes of at least 4 members (excludes halogenated alkanes) is 1. The van der Waals surface area contributed by atoms with E-state index in [0.29, 0.717) is 17.7 Å². The Hall–Kier alpha value is -2.40. The van der Waals surface area contributed by atoms with Gasteiger partial charge in [-0.15, -0.1) is 0 Å². The molecule has 0 aromatic heterocycles. The number of hydrogen-bond acceptors (Lipinski definition) is 5. The van der Waals surface area contributed by atoms with Crippen LogP contribution < -0.4 is 0 Å². The van der Waals surface area contributed by atoms with Crippen LogP contribution in [0.5, 0.6) is 0 Å². The maximum atomic E-state index is 13.2. The van der Waals surface area contributed by atoms with E-state index in [1.54, 1.807) is 11.8 Å². The Morgan fingerprint density at radius 1 is 0.967 bits per heavy atom. The van der Waals surface area contributed by atoms with Crippen molar-refractivity contribution in [3.63, 3.8) is 0 Å². The number of oxime groups is 1. The van der Waals surface area contributed by atoms with Gasteiger partial charge in [-0.3, -0.25) is 4.79 Å². The maximum Gasteiger partial charge on any atom is 0.335 e. The van der Waals surface area contributed by atoms with Gasteiger partial charge in [-0.2, -0.15) is 0 Å². The lowest BCUT2D eigenvalue weighted by Gasteiger charge is -2.22. The maximum absolute atomic E-state index is 13.2. The minimum atomic E-state index is -0.368. The quantitative estimate of drug-likeness (QED) is 0.195. The van der Waals surface area contributed by atoms with Crippen molar-refractivity contribution < 1.29 is 14.4 Å². The van der Waals surface area contributed by atoms with Gasteiger partial charge < -0.3 is 4.84 Å². The van der Waals surface area contributed by atoms with Crippen LogP contribution in [0.3, 0.4) is 0 Å². The molecule has 0 N–H and O–H groups in total. The number of carbonyl (C=O) groups excluding carboxylic acids is 2. The predicted molar refractivity (Wildman–Crippen MR) is 121 cm³/mol. The Labute approximate surface area is 183 Å². The van der Waals surface area contributed by atoms with Gasteiger partial charge in [-0.05, 0) is 55.7 Å². The van der Waals surface area contributed by atoms with Crippen molar-refractivity contribution in [1.29, 1.82) is 0 Å². The van der Waals surface area contributed by atoms with Crippen molar-refractivity contribution in [3.8, 4) is 0 Å². The third-order valence-electron chi connectivity index (χ3n) is 5.30. The van der Waals surface area contributed by atoms with Crippen LogP contribution in [-0.2, 0) is 9.63 Å². The lowest BCUT2D eigenvalue weighted by molar-refractivity contribution is -0.143. The van der Waals surface area contributed by atoms with Gasteiger partial charge in [0.2, 0.25) is 5.78 Å². The zero-order valence-corrected chi connectivity index (χ0v) is 18.3. The summed E-state index contributed by atoms with van der Waals surface area (Å²) in [5, 5.41) is 4.08. The van der Waals surface area contributed by atoms with E-state index in [9.17, 15) is 9.59 Å². The highest BCUT2D eigenvalue weighted by Gasteiger charge is 2.27. The van der Waals surface area contributed by atoms with E-state index in [1.807, 2.05) is 49.4 Å². The minimum absolute atomic E-state index is 0.0589. The standard InChI is InChI=1S/C25H29NO3S/c1-2-3-14-23(27)29-26-24(19-10-6-4-7-11-19)25(28)20-15-17-22(18-16-20)30-21-12-8-5-9-13-21/h5,8-9,12-13,15-19H,2-4,6-7,10-11,14H2,1H3. The summed E-state index contributed by atoms with van der Waals surface area (Å²) in [6.07, 6.45) is 7.18. The molecule has 0 heterocycles. The van der Waals surface area contributed by atoms with Crippen LogP contribution in [0, 0.1) is 5.92 Å². The highest BCUT2D eigenvalue weighted by Crippen LogP contribution is 2.29. The molecule has 0 atom stereocenters. The number of nitrogens with zero attached hydrogens (tertiary/aromatic N) is 1. The van der Waals surface area contributed by atoms with Gasteiger partial charge >= 0.3 is 5.97 Å². The largest absolute Gasteiger partial charge is 0.335 e. The van der Waals surface area contributed by atoms with Crippen LogP contribution in [0.15, 0.2) is 69.5 Å². The van der Waals surface area contributed by atoms with E-state index in [4.69, 9.17) is 4.84 Å². The molecule has 5 heteroatoms. The van der Waals surface area contributed by atoms with Crippen molar-refractivity contribution in [2.24, 2.45) is 11.1 Å². The third kappa shape index (κ3) is 6.56. The monoisotopic (exact) mass is 423 g/mol. The first kappa shape index (κ1) is 22.3. The Morgan fingerprint density at radius 2 is 1.63 bits per heavy atom. The summed E-state index contributed by atoms with van der Waals surface area (Å²) in [6.45, 7) is 2.02. The van der Waals surface area contributed by atoms with Gasteiger partial charge in [0, 0.05) is 27.7 Å². The van der Waals surface area contributed by atoms with Crippen molar-refractivity contribution in [2.45, 2.75) is 68.1 Å². The Morgan fingerprint density at radius 3 is 2.30 bits per heavy atom. The predicted octanol–water partition coefficient (Wildman–Crippen LogP) is 6.69. The molecule has 2 aromatic carbocycles. The summed E-state index contributed by atoms with van der Waals surface area (Å²) in [5.41, 5.74) is 0.976. The van der Waals surface area contributed by atoms with Crippen molar-refractivity contribution >= 4 is 29.2 Å². The number of ketones is 1. The Balaban J connectivity index is 1.73. The average Bonchev–Trinajstić information content (AvgIpc) is 2.79. The number of hydrogen-bond donors (Lipinski definition) is 0. The van der Waals surface area contributed by atoms with Gasteiger partial charge in [0.05, 0.1) is 0 Å². The lowest BCUT2D eigenvalue weighted by atomic mass is 9.83. The number of carbonyl (C=O) groups is 2. The highest BCUT2D eigenvalue weighted by molar-refractivity contribution is 7.99. The SMILES string of the molecule is CCCCC(=O)ON=C(C(=O)c1ccc(Sc2ccccc2)cc1)C1CCCCC1. The topological polar surface area (TPSA) is 55.7 Å². The van der Waals surface area contributed by atoms with E-state index in [2.05, 4.69) is 17.3 Å². The smallest absolute Gasteiger partial charge is 0.318 e. The second kappa shape index (κ2) is 11.7. The van der Waals surface area contributed by atoms with E-state index in [0.717, 1.165) is 48.3 Å². The third-order valence-corrected chi connectivity index (χ3v) is 6.32. The Bertz CT molecular complexity index is 856. The number of benzene rings is 2. The zero-order valence-electron chi connectivity index (χ0n) is 17.5. The molecule has 0 unspecified atom stereocenters. The van der Waals surface area contributed by atoms with Crippen LogP contribution in [0.1, 0.15) is 68.6 Å². The summed E-state index contributed by atoms with van der Waals surface area (Å²) >= 11 is 1.66. The van der Waals surface area contributed by atoms with Crippen molar-refractivity contribution in [1.82, 2.24) is 0 Å². The van der Waals surface area contributed by atoms with E-state index < -0.39 is 0 Å². The second-order valence-corrected chi connectivity index (χ2v) is 8.79. The van der Waals surface area contributed by atoms with Crippen LogP contribution >= 0.6 is 11.8 Å². The summed E-state index contributed by atoms with van der Waals surface area (Å²) in [7, 11) is 0. The Kier molecular flexibility index (Phi) is 8.69. The number of rotatable bonds is 9. The molecule has 2 aromatic rings. The molecule has 0 bridgehead atoms. The van der Waals surface area contributed by atoms with Crippen molar-refractivity contribution in [3.05, 3.63) is 60.2 Å². The number of Topliss-reactive ketones (excluding diaryl/α,β-unsaturated/α-hetero) is 1. The molecule has 158 valence electrons. The first-order valence-electron chi connectivity index (χ1n) is 10.8. The summed E-state index contributed by atoms with van der Waals surface area (Å²) in [6, 6.07) is 17.7.